The van der Waals surface area contributed by atoms with Gasteiger partial charge >= 0.3 is 0 Å². The summed E-state index contributed by atoms with van der Waals surface area (Å²) in [4.78, 5) is 0. The quantitative estimate of drug-likeness (QED) is 0.734. The van der Waals surface area contributed by atoms with E-state index in [1.54, 1.807) is 4.68 Å². The molecule has 0 aliphatic heterocycles. The molecule has 1 heterocycles. The molecule has 0 atom stereocenters. The summed E-state index contributed by atoms with van der Waals surface area (Å²) in [5, 5.41) is 12.0. The van der Waals surface area contributed by atoms with Gasteiger partial charge in [0.15, 0.2) is 5.82 Å². The van der Waals surface area contributed by atoms with E-state index >= 15 is 0 Å². The first-order chi connectivity index (χ1) is 9.65. The zero-order valence-electron chi connectivity index (χ0n) is 10.8. The molecule has 20 heavy (non-hydrogen) atoms. The number of hydrogen-bond acceptors (Lipinski definition) is 4. The molecule has 100 valence electrons. The van der Waals surface area contributed by atoms with Crippen LogP contribution in [0.5, 0.6) is 0 Å². The number of aromatic nitrogens is 4. The third-order valence-corrected chi connectivity index (χ3v) is 3.58. The largest absolute Gasteiger partial charge is 0.399 e. The van der Waals surface area contributed by atoms with Crippen molar-refractivity contribution in [1.29, 1.82) is 0 Å². The smallest absolute Gasteiger partial charge is 0.187 e. The lowest BCUT2D eigenvalue weighted by molar-refractivity contribution is 0.789. The lowest BCUT2D eigenvalue weighted by Gasteiger charge is -2.08. The molecule has 2 aromatic carbocycles. The van der Waals surface area contributed by atoms with E-state index < -0.39 is 0 Å². The van der Waals surface area contributed by atoms with Crippen LogP contribution in [0.4, 0.5) is 5.69 Å². The molecule has 3 aromatic rings. The van der Waals surface area contributed by atoms with Crippen molar-refractivity contribution in [2.75, 3.05) is 5.73 Å². The maximum absolute atomic E-state index is 5.90. The minimum Gasteiger partial charge on any atom is -0.399 e. The first kappa shape index (κ1) is 12.8. The molecule has 0 saturated heterocycles. The average molecular weight is 330 g/mol. The molecule has 0 saturated carbocycles. The van der Waals surface area contributed by atoms with Gasteiger partial charge in [0.25, 0.3) is 0 Å². The normalized spacial score (nSPS) is 10.7. The van der Waals surface area contributed by atoms with Crippen molar-refractivity contribution in [3.05, 3.63) is 52.5 Å². The molecular weight excluding hydrogens is 318 g/mol. The number of nitrogen functional groups attached to an aromatic ring is 1. The molecule has 2 N–H and O–H groups in total. The van der Waals surface area contributed by atoms with Gasteiger partial charge in [-0.15, -0.1) is 5.10 Å². The van der Waals surface area contributed by atoms with Crippen LogP contribution in [0.2, 0.25) is 0 Å². The van der Waals surface area contributed by atoms with E-state index in [0.29, 0.717) is 11.5 Å². The summed E-state index contributed by atoms with van der Waals surface area (Å²) in [6, 6.07) is 13.6. The van der Waals surface area contributed by atoms with E-state index in [0.717, 1.165) is 21.3 Å². The highest BCUT2D eigenvalue weighted by molar-refractivity contribution is 9.10. The molecule has 0 amide bonds. The molecule has 1 aromatic heterocycles. The van der Waals surface area contributed by atoms with Crippen molar-refractivity contribution in [2.45, 2.75) is 6.92 Å². The Balaban J connectivity index is 2.18. The number of aryl methyl sites for hydroxylation is 1. The first-order valence-corrected chi connectivity index (χ1v) is 6.85. The van der Waals surface area contributed by atoms with Gasteiger partial charge in [-0.25, -0.2) is 0 Å². The lowest BCUT2D eigenvalue weighted by atomic mass is 10.1. The third kappa shape index (κ3) is 2.30. The van der Waals surface area contributed by atoms with E-state index in [1.807, 2.05) is 49.4 Å². The van der Waals surface area contributed by atoms with Crippen molar-refractivity contribution >= 4 is 21.6 Å². The fraction of sp³-hybridized carbons (Fsp3) is 0.0714. The Kier molecular flexibility index (Phi) is 3.23. The number of rotatable bonds is 2. The number of anilines is 1. The van der Waals surface area contributed by atoms with Gasteiger partial charge in [0.2, 0.25) is 0 Å². The van der Waals surface area contributed by atoms with Crippen LogP contribution in [0.3, 0.4) is 0 Å². The zero-order chi connectivity index (χ0) is 14.1. The molecule has 0 aliphatic carbocycles. The Morgan fingerprint density at radius 2 is 1.95 bits per heavy atom. The van der Waals surface area contributed by atoms with E-state index in [4.69, 9.17) is 5.73 Å². The zero-order valence-corrected chi connectivity index (χ0v) is 12.4. The van der Waals surface area contributed by atoms with Crippen LogP contribution in [-0.4, -0.2) is 20.2 Å². The van der Waals surface area contributed by atoms with Gasteiger partial charge in [0.1, 0.15) is 0 Å². The number of halogens is 1. The van der Waals surface area contributed by atoms with Gasteiger partial charge in [0, 0.05) is 15.7 Å². The fourth-order valence-corrected chi connectivity index (χ4v) is 2.55. The molecule has 3 rings (SSSR count). The second-order valence-corrected chi connectivity index (χ2v) is 5.35. The Bertz CT molecular complexity index is 746. The topological polar surface area (TPSA) is 69.6 Å². The van der Waals surface area contributed by atoms with Gasteiger partial charge in [-0.05, 0) is 69.2 Å². The third-order valence-electron chi connectivity index (χ3n) is 2.91. The SMILES string of the molecule is Cc1cc(N)cc(-c2nnnn2-c2ccccc2Br)c1. The summed E-state index contributed by atoms with van der Waals surface area (Å²) >= 11 is 3.51. The van der Waals surface area contributed by atoms with E-state index in [1.165, 1.54) is 0 Å². The summed E-state index contributed by atoms with van der Waals surface area (Å²) in [7, 11) is 0. The van der Waals surface area contributed by atoms with Gasteiger partial charge in [-0.2, -0.15) is 4.68 Å². The first-order valence-electron chi connectivity index (χ1n) is 6.06. The highest BCUT2D eigenvalue weighted by Crippen LogP contribution is 2.26. The number of para-hydroxylation sites is 1. The standard InChI is InChI=1S/C14H12BrN5/c1-9-6-10(8-11(16)7-9)14-17-18-19-20(14)13-5-3-2-4-12(13)15/h2-8H,16H2,1H3. The monoisotopic (exact) mass is 329 g/mol. The summed E-state index contributed by atoms with van der Waals surface area (Å²) in [5.41, 5.74) is 9.44. The van der Waals surface area contributed by atoms with Crippen LogP contribution >= 0.6 is 15.9 Å². The summed E-state index contributed by atoms with van der Waals surface area (Å²) in [6.07, 6.45) is 0. The van der Waals surface area contributed by atoms with Crippen molar-refractivity contribution in [2.24, 2.45) is 0 Å². The van der Waals surface area contributed by atoms with Crippen LogP contribution in [0.15, 0.2) is 46.9 Å². The van der Waals surface area contributed by atoms with Crippen LogP contribution in [0.25, 0.3) is 17.1 Å². The summed E-state index contributed by atoms with van der Waals surface area (Å²) in [6.45, 7) is 1.99. The summed E-state index contributed by atoms with van der Waals surface area (Å²) in [5.74, 6) is 0.660. The average Bonchev–Trinajstić information content (AvgIpc) is 2.87. The van der Waals surface area contributed by atoms with E-state index in [-0.39, 0.29) is 0 Å². The Morgan fingerprint density at radius 3 is 2.70 bits per heavy atom. The number of nitrogens with zero attached hydrogens (tertiary/aromatic N) is 4. The van der Waals surface area contributed by atoms with Crippen molar-refractivity contribution in [1.82, 2.24) is 20.2 Å². The van der Waals surface area contributed by atoms with Gasteiger partial charge in [0.05, 0.1) is 5.69 Å². The van der Waals surface area contributed by atoms with Gasteiger partial charge < -0.3 is 5.73 Å². The number of benzene rings is 2. The second-order valence-electron chi connectivity index (χ2n) is 4.50. The van der Waals surface area contributed by atoms with Gasteiger partial charge in [-0.3, -0.25) is 0 Å². The number of hydrogen-bond donors (Lipinski definition) is 1. The predicted molar refractivity (Wildman–Crippen MR) is 81.4 cm³/mol. The molecule has 0 spiro atoms. The minimum atomic E-state index is 0.660. The van der Waals surface area contributed by atoms with Crippen molar-refractivity contribution in [3.63, 3.8) is 0 Å². The van der Waals surface area contributed by atoms with Crippen molar-refractivity contribution in [3.8, 4) is 17.1 Å². The summed E-state index contributed by atoms with van der Waals surface area (Å²) < 4.78 is 2.62. The van der Waals surface area contributed by atoms with Gasteiger partial charge in [-0.1, -0.05) is 12.1 Å². The highest BCUT2D eigenvalue weighted by atomic mass is 79.9. The molecule has 0 aliphatic rings. The van der Waals surface area contributed by atoms with Crippen LogP contribution < -0.4 is 5.73 Å². The molecule has 5 nitrogen and oxygen atoms in total. The fourth-order valence-electron chi connectivity index (χ4n) is 2.09. The highest BCUT2D eigenvalue weighted by Gasteiger charge is 2.13. The minimum absolute atomic E-state index is 0.660. The molecule has 0 fully saturated rings. The maximum atomic E-state index is 5.90. The number of tetrazole rings is 1. The molecule has 0 unspecified atom stereocenters. The maximum Gasteiger partial charge on any atom is 0.187 e. The van der Waals surface area contributed by atoms with Crippen LogP contribution in [0.1, 0.15) is 5.56 Å². The second kappa shape index (κ2) is 5.05. The van der Waals surface area contributed by atoms with Crippen molar-refractivity contribution < 1.29 is 0 Å². The van der Waals surface area contributed by atoms with Crippen LogP contribution in [0, 0.1) is 6.92 Å². The molecule has 0 bridgehead atoms. The molecule has 0 radical (unpaired) electrons. The molecule has 6 heteroatoms. The van der Waals surface area contributed by atoms with Crippen LogP contribution in [-0.2, 0) is 0 Å². The lowest BCUT2D eigenvalue weighted by Crippen LogP contribution is -2.01. The molecular formula is C14H12BrN5. The Labute approximate surface area is 124 Å². The van der Waals surface area contributed by atoms with E-state index in [9.17, 15) is 0 Å². The predicted octanol–water partition coefficient (Wildman–Crippen LogP) is 2.98. The number of nitrogens with two attached hydrogens (primary N) is 1. The Hall–Kier alpha value is -2.21. The van der Waals surface area contributed by atoms with E-state index in [2.05, 4.69) is 31.5 Å². The Morgan fingerprint density at radius 1 is 1.15 bits per heavy atom.